The zero-order valence-corrected chi connectivity index (χ0v) is 10.9. The number of halogens is 3. The Labute approximate surface area is 111 Å². The Balaban J connectivity index is 2.33. The van der Waals surface area contributed by atoms with E-state index in [4.69, 9.17) is 5.73 Å². The number of alkyl halides is 3. The molecule has 108 valence electrons. The molecule has 19 heavy (non-hydrogen) atoms. The van der Waals surface area contributed by atoms with E-state index >= 15 is 0 Å². The molecule has 0 aromatic heterocycles. The second kappa shape index (κ2) is 7.35. The highest BCUT2D eigenvalue weighted by Gasteiger charge is 2.27. The molecule has 0 amide bonds. The maximum atomic E-state index is 11.9. The largest absolute Gasteiger partial charge is 0.411 e. The Morgan fingerprint density at radius 3 is 2.58 bits per heavy atom. The van der Waals surface area contributed by atoms with Crippen molar-refractivity contribution in [3.8, 4) is 0 Å². The molecular formula is C13H19F3N2O. The van der Waals surface area contributed by atoms with Crippen molar-refractivity contribution in [1.29, 1.82) is 0 Å². The Hall–Kier alpha value is -1.27. The van der Waals surface area contributed by atoms with Crippen molar-refractivity contribution in [3.05, 3.63) is 29.8 Å². The van der Waals surface area contributed by atoms with Crippen molar-refractivity contribution in [2.75, 3.05) is 31.7 Å². The fraction of sp³-hybridized carbons (Fsp3) is 0.538. The fourth-order valence-electron chi connectivity index (χ4n) is 1.77. The zero-order valence-electron chi connectivity index (χ0n) is 10.9. The minimum absolute atomic E-state index is 0.0919. The summed E-state index contributed by atoms with van der Waals surface area (Å²) >= 11 is 0. The van der Waals surface area contributed by atoms with Gasteiger partial charge >= 0.3 is 6.18 Å². The van der Waals surface area contributed by atoms with Crippen LogP contribution in [-0.2, 0) is 11.3 Å². The van der Waals surface area contributed by atoms with Crippen molar-refractivity contribution in [2.24, 2.45) is 5.73 Å². The van der Waals surface area contributed by atoms with Crippen LogP contribution in [0.2, 0.25) is 0 Å². The van der Waals surface area contributed by atoms with Crippen LogP contribution in [0, 0.1) is 0 Å². The topological polar surface area (TPSA) is 38.5 Å². The molecule has 0 heterocycles. The third-order valence-electron chi connectivity index (χ3n) is 2.67. The van der Waals surface area contributed by atoms with Gasteiger partial charge in [0, 0.05) is 32.4 Å². The molecule has 0 atom stereocenters. The average Bonchev–Trinajstić information content (AvgIpc) is 2.36. The first-order chi connectivity index (χ1) is 8.94. The summed E-state index contributed by atoms with van der Waals surface area (Å²) in [5.41, 5.74) is 7.65. The molecule has 0 aliphatic heterocycles. The highest BCUT2D eigenvalue weighted by atomic mass is 19.4. The maximum absolute atomic E-state index is 11.9. The third kappa shape index (κ3) is 5.94. The van der Waals surface area contributed by atoms with E-state index in [1.54, 1.807) is 0 Å². The quantitative estimate of drug-likeness (QED) is 0.778. The number of para-hydroxylation sites is 1. The fourth-order valence-corrected chi connectivity index (χ4v) is 1.77. The van der Waals surface area contributed by atoms with Crippen LogP contribution in [0.1, 0.15) is 12.0 Å². The van der Waals surface area contributed by atoms with Crippen molar-refractivity contribution < 1.29 is 17.9 Å². The summed E-state index contributed by atoms with van der Waals surface area (Å²) in [6, 6.07) is 7.70. The number of nitrogens with zero attached hydrogens (tertiary/aromatic N) is 1. The van der Waals surface area contributed by atoms with Gasteiger partial charge in [-0.2, -0.15) is 13.2 Å². The van der Waals surface area contributed by atoms with Crippen molar-refractivity contribution in [3.63, 3.8) is 0 Å². The monoisotopic (exact) mass is 276 g/mol. The van der Waals surface area contributed by atoms with Gasteiger partial charge < -0.3 is 15.4 Å². The molecule has 0 bridgehead atoms. The van der Waals surface area contributed by atoms with Crippen LogP contribution in [0.3, 0.4) is 0 Å². The summed E-state index contributed by atoms with van der Waals surface area (Å²) in [4.78, 5) is 1.97. The minimum Gasteiger partial charge on any atom is -0.374 e. The van der Waals surface area contributed by atoms with E-state index < -0.39 is 12.8 Å². The lowest BCUT2D eigenvalue weighted by Crippen LogP contribution is -2.23. The van der Waals surface area contributed by atoms with E-state index in [0.29, 0.717) is 19.5 Å². The van der Waals surface area contributed by atoms with Crippen LogP contribution in [0.4, 0.5) is 18.9 Å². The molecule has 0 aliphatic rings. The molecule has 1 aromatic rings. The van der Waals surface area contributed by atoms with Crippen LogP contribution in [0.25, 0.3) is 0 Å². The molecule has 0 saturated carbocycles. The van der Waals surface area contributed by atoms with E-state index in [1.807, 2.05) is 36.2 Å². The maximum Gasteiger partial charge on any atom is 0.411 e. The van der Waals surface area contributed by atoms with E-state index in [2.05, 4.69) is 4.74 Å². The molecule has 0 spiro atoms. The van der Waals surface area contributed by atoms with Gasteiger partial charge in [-0.05, 0) is 18.1 Å². The molecular weight excluding hydrogens is 257 g/mol. The summed E-state index contributed by atoms with van der Waals surface area (Å²) < 4.78 is 40.1. The lowest BCUT2D eigenvalue weighted by atomic mass is 10.1. The van der Waals surface area contributed by atoms with Gasteiger partial charge in [0.05, 0.1) is 0 Å². The number of anilines is 1. The van der Waals surface area contributed by atoms with Gasteiger partial charge in [0.25, 0.3) is 0 Å². The lowest BCUT2D eigenvalue weighted by Gasteiger charge is -2.22. The first-order valence-corrected chi connectivity index (χ1v) is 6.07. The number of rotatable bonds is 7. The molecule has 0 unspecified atom stereocenters. The van der Waals surface area contributed by atoms with Gasteiger partial charge in [-0.15, -0.1) is 0 Å². The first-order valence-electron chi connectivity index (χ1n) is 6.07. The van der Waals surface area contributed by atoms with Crippen LogP contribution in [-0.4, -0.2) is 33.0 Å². The number of ether oxygens (including phenoxy) is 1. The number of benzene rings is 1. The Kier molecular flexibility index (Phi) is 6.11. The lowest BCUT2D eigenvalue weighted by molar-refractivity contribution is -0.173. The van der Waals surface area contributed by atoms with E-state index in [1.165, 1.54) is 0 Å². The predicted octanol–water partition coefficient (Wildman–Crippen LogP) is 2.55. The van der Waals surface area contributed by atoms with Crippen LogP contribution in [0.15, 0.2) is 24.3 Å². The van der Waals surface area contributed by atoms with E-state index in [9.17, 15) is 13.2 Å². The summed E-state index contributed by atoms with van der Waals surface area (Å²) in [6.07, 6.45) is -3.72. The summed E-state index contributed by atoms with van der Waals surface area (Å²) in [5.74, 6) is 0. The van der Waals surface area contributed by atoms with Gasteiger partial charge in [0.2, 0.25) is 0 Å². The molecule has 2 N–H and O–H groups in total. The predicted molar refractivity (Wildman–Crippen MR) is 69.1 cm³/mol. The second-order valence-electron chi connectivity index (χ2n) is 4.28. The van der Waals surface area contributed by atoms with Crippen LogP contribution in [0.5, 0.6) is 0 Å². The molecule has 1 rings (SSSR count). The van der Waals surface area contributed by atoms with E-state index in [0.717, 1.165) is 11.3 Å². The SMILES string of the molecule is CN(CCCOCC(F)(F)F)c1ccccc1CN. The molecule has 3 nitrogen and oxygen atoms in total. The highest BCUT2D eigenvalue weighted by molar-refractivity contribution is 5.52. The average molecular weight is 276 g/mol. The van der Waals surface area contributed by atoms with Gasteiger partial charge in [0.1, 0.15) is 6.61 Å². The van der Waals surface area contributed by atoms with Gasteiger partial charge in [-0.3, -0.25) is 0 Å². The van der Waals surface area contributed by atoms with Crippen LogP contribution >= 0.6 is 0 Å². The molecule has 1 aromatic carbocycles. The summed E-state index contributed by atoms with van der Waals surface area (Å²) in [7, 11) is 1.89. The standard InChI is InChI=1S/C13H19F3N2O/c1-18(7-4-8-19-10-13(14,15)16)12-6-3-2-5-11(12)9-17/h2-3,5-6H,4,7-10,17H2,1H3. The van der Waals surface area contributed by atoms with Crippen LogP contribution < -0.4 is 10.6 Å². The van der Waals surface area contributed by atoms with Crippen molar-refractivity contribution in [2.45, 2.75) is 19.1 Å². The molecule has 0 saturated heterocycles. The number of nitrogens with two attached hydrogens (primary N) is 1. The normalized spacial score (nSPS) is 11.6. The molecule has 0 aliphatic carbocycles. The van der Waals surface area contributed by atoms with Gasteiger partial charge in [0.15, 0.2) is 0 Å². The Bertz CT molecular complexity index is 382. The molecule has 0 fully saturated rings. The Morgan fingerprint density at radius 1 is 1.26 bits per heavy atom. The minimum atomic E-state index is -4.25. The molecule has 6 heteroatoms. The smallest absolute Gasteiger partial charge is 0.374 e. The highest BCUT2D eigenvalue weighted by Crippen LogP contribution is 2.19. The van der Waals surface area contributed by atoms with Crippen molar-refractivity contribution in [1.82, 2.24) is 0 Å². The third-order valence-corrected chi connectivity index (χ3v) is 2.67. The van der Waals surface area contributed by atoms with Gasteiger partial charge in [-0.1, -0.05) is 18.2 Å². The zero-order chi connectivity index (χ0) is 14.3. The van der Waals surface area contributed by atoms with Gasteiger partial charge in [-0.25, -0.2) is 0 Å². The second-order valence-corrected chi connectivity index (χ2v) is 4.28. The Morgan fingerprint density at radius 2 is 1.95 bits per heavy atom. The van der Waals surface area contributed by atoms with E-state index in [-0.39, 0.29) is 6.61 Å². The van der Waals surface area contributed by atoms with Crippen molar-refractivity contribution >= 4 is 5.69 Å². The summed E-state index contributed by atoms with van der Waals surface area (Å²) in [5, 5.41) is 0. The summed E-state index contributed by atoms with van der Waals surface area (Å²) in [6.45, 7) is -0.0370. The first kappa shape index (κ1) is 15.8. The number of hydrogen-bond donors (Lipinski definition) is 1. The molecule has 0 radical (unpaired) electrons. The number of hydrogen-bond acceptors (Lipinski definition) is 3.